The second kappa shape index (κ2) is 3.13. The van der Waals surface area contributed by atoms with E-state index in [4.69, 9.17) is 11.0 Å². The zero-order valence-corrected chi connectivity index (χ0v) is 7.97. The molecule has 0 radical (unpaired) electrons. The van der Waals surface area contributed by atoms with Gasteiger partial charge in [0, 0.05) is 5.69 Å². The second-order valence-corrected chi connectivity index (χ2v) is 3.74. The fraction of sp³-hybridized carbons (Fsp3) is 0. The van der Waals surface area contributed by atoms with Crippen molar-refractivity contribution < 1.29 is 4.79 Å². The molecule has 0 aliphatic rings. The Hall–Kier alpha value is -1.86. The van der Waals surface area contributed by atoms with Crippen molar-refractivity contribution in [1.29, 1.82) is 5.26 Å². The maximum atomic E-state index is 10.7. The largest absolute Gasteiger partial charge is 0.398 e. The van der Waals surface area contributed by atoms with Crippen molar-refractivity contribution in [2.45, 2.75) is 0 Å². The summed E-state index contributed by atoms with van der Waals surface area (Å²) < 4.78 is 0.823. The minimum absolute atomic E-state index is 0.294. The fourth-order valence-electron chi connectivity index (χ4n) is 1.39. The molecule has 0 saturated heterocycles. The molecule has 0 saturated carbocycles. The van der Waals surface area contributed by atoms with Crippen LogP contribution < -0.4 is 5.73 Å². The molecule has 14 heavy (non-hydrogen) atoms. The molecule has 68 valence electrons. The van der Waals surface area contributed by atoms with Crippen LogP contribution in [-0.2, 0) is 0 Å². The highest BCUT2D eigenvalue weighted by Gasteiger charge is 2.11. The molecule has 1 aromatic carbocycles. The van der Waals surface area contributed by atoms with Gasteiger partial charge in [-0.05, 0) is 22.9 Å². The Bertz CT molecular complexity index is 551. The van der Waals surface area contributed by atoms with E-state index < -0.39 is 0 Å². The van der Waals surface area contributed by atoms with E-state index >= 15 is 0 Å². The molecule has 0 bridgehead atoms. The molecule has 1 aromatic heterocycles. The molecular weight excluding hydrogens is 196 g/mol. The molecule has 0 fully saturated rings. The first-order valence-electron chi connectivity index (χ1n) is 3.93. The first-order chi connectivity index (χ1) is 6.77. The molecule has 0 atom stereocenters. The Morgan fingerprint density at radius 2 is 2.36 bits per heavy atom. The number of nitrogens with two attached hydrogens (primary N) is 1. The minimum Gasteiger partial charge on any atom is -0.398 e. The number of thiophene rings is 1. The van der Waals surface area contributed by atoms with Gasteiger partial charge in [-0.1, -0.05) is 0 Å². The number of fused-ring (bicyclic) bond motifs is 1. The Morgan fingerprint density at radius 3 is 3.00 bits per heavy atom. The molecule has 0 aliphatic heterocycles. The standard InChI is InChI=1S/C10H6N2OS/c11-4-7-8(5-13)9(12)3-6-1-2-14-10(6)7/h1-3,5H,12H2. The zero-order valence-electron chi connectivity index (χ0n) is 7.15. The average Bonchev–Trinajstić information content (AvgIpc) is 2.62. The highest BCUT2D eigenvalue weighted by atomic mass is 32.1. The average molecular weight is 202 g/mol. The number of rotatable bonds is 1. The molecule has 0 amide bonds. The van der Waals surface area contributed by atoms with Crippen LogP contribution in [-0.4, -0.2) is 6.29 Å². The van der Waals surface area contributed by atoms with E-state index in [0.29, 0.717) is 23.1 Å². The van der Waals surface area contributed by atoms with E-state index in [1.165, 1.54) is 11.3 Å². The number of aldehydes is 1. The number of hydrogen-bond donors (Lipinski definition) is 1. The SMILES string of the molecule is N#Cc1c(C=O)c(N)cc2ccsc12. The van der Waals surface area contributed by atoms with E-state index in [2.05, 4.69) is 0 Å². The van der Waals surface area contributed by atoms with Gasteiger partial charge in [0.05, 0.1) is 15.8 Å². The number of carbonyl (C=O) groups is 1. The van der Waals surface area contributed by atoms with Crippen molar-refractivity contribution in [3.63, 3.8) is 0 Å². The van der Waals surface area contributed by atoms with Gasteiger partial charge in [-0.15, -0.1) is 11.3 Å². The summed E-state index contributed by atoms with van der Waals surface area (Å²) in [4.78, 5) is 10.7. The maximum Gasteiger partial charge on any atom is 0.153 e. The lowest BCUT2D eigenvalue weighted by Gasteiger charge is -2.01. The summed E-state index contributed by atoms with van der Waals surface area (Å²) in [6.07, 6.45) is 0.632. The van der Waals surface area contributed by atoms with Gasteiger partial charge in [-0.3, -0.25) is 4.79 Å². The van der Waals surface area contributed by atoms with Crippen LogP contribution in [0.15, 0.2) is 17.5 Å². The molecule has 2 rings (SSSR count). The summed E-state index contributed by atoms with van der Waals surface area (Å²) in [5.74, 6) is 0. The van der Waals surface area contributed by atoms with Gasteiger partial charge < -0.3 is 5.73 Å². The maximum absolute atomic E-state index is 10.7. The van der Waals surface area contributed by atoms with E-state index in [1.807, 2.05) is 17.5 Å². The third-order valence-electron chi connectivity index (χ3n) is 2.04. The molecular formula is C10H6N2OS. The van der Waals surface area contributed by atoms with Crippen molar-refractivity contribution in [1.82, 2.24) is 0 Å². The smallest absolute Gasteiger partial charge is 0.153 e. The molecule has 0 aliphatic carbocycles. The van der Waals surface area contributed by atoms with Gasteiger partial charge in [-0.2, -0.15) is 5.26 Å². The minimum atomic E-state index is 0.294. The van der Waals surface area contributed by atoms with Crippen molar-refractivity contribution in [2.75, 3.05) is 5.73 Å². The van der Waals surface area contributed by atoms with E-state index in [0.717, 1.165) is 10.1 Å². The Kier molecular flexibility index (Phi) is 1.95. The monoisotopic (exact) mass is 202 g/mol. The fourth-order valence-corrected chi connectivity index (χ4v) is 2.27. The van der Waals surface area contributed by atoms with Crippen LogP contribution >= 0.6 is 11.3 Å². The summed E-state index contributed by atoms with van der Waals surface area (Å²) in [5.41, 5.74) is 6.69. The van der Waals surface area contributed by atoms with Crippen molar-refractivity contribution in [2.24, 2.45) is 0 Å². The lowest BCUT2D eigenvalue weighted by atomic mass is 10.1. The van der Waals surface area contributed by atoms with E-state index in [9.17, 15) is 4.79 Å². The normalized spacial score (nSPS) is 9.93. The highest BCUT2D eigenvalue weighted by Crippen LogP contribution is 2.30. The predicted molar refractivity (Wildman–Crippen MR) is 56.3 cm³/mol. The van der Waals surface area contributed by atoms with E-state index in [1.54, 1.807) is 6.07 Å². The van der Waals surface area contributed by atoms with Crippen molar-refractivity contribution in [3.05, 3.63) is 28.6 Å². The van der Waals surface area contributed by atoms with Gasteiger partial charge in [-0.25, -0.2) is 0 Å². The number of benzene rings is 1. The summed E-state index contributed by atoms with van der Waals surface area (Å²) in [5, 5.41) is 11.7. The Labute approximate surface area is 84.4 Å². The van der Waals surface area contributed by atoms with Crippen LogP contribution in [0.3, 0.4) is 0 Å². The van der Waals surface area contributed by atoms with Gasteiger partial charge >= 0.3 is 0 Å². The lowest BCUT2D eigenvalue weighted by molar-refractivity contribution is 0.112. The molecule has 2 aromatic rings. The van der Waals surface area contributed by atoms with Crippen LogP contribution in [0.1, 0.15) is 15.9 Å². The van der Waals surface area contributed by atoms with Gasteiger partial charge in [0.25, 0.3) is 0 Å². The zero-order chi connectivity index (χ0) is 10.1. The van der Waals surface area contributed by atoms with E-state index in [-0.39, 0.29) is 0 Å². The second-order valence-electron chi connectivity index (χ2n) is 2.82. The Balaban J connectivity index is 2.98. The molecule has 3 nitrogen and oxygen atoms in total. The summed E-state index contributed by atoms with van der Waals surface area (Å²) in [6, 6.07) is 5.61. The van der Waals surface area contributed by atoms with Gasteiger partial charge in [0.2, 0.25) is 0 Å². The predicted octanol–water partition coefficient (Wildman–Crippen LogP) is 2.17. The van der Waals surface area contributed by atoms with Gasteiger partial charge in [0.15, 0.2) is 6.29 Å². The summed E-state index contributed by atoms with van der Waals surface area (Å²) in [6.45, 7) is 0. The summed E-state index contributed by atoms with van der Waals surface area (Å²) >= 11 is 1.44. The molecule has 1 heterocycles. The first-order valence-corrected chi connectivity index (χ1v) is 4.81. The highest BCUT2D eigenvalue weighted by molar-refractivity contribution is 7.17. The number of hydrogen-bond acceptors (Lipinski definition) is 4. The number of nitrogen functional groups attached to an aromatic ring is 1. The van der Waals surface area contributed by atoms with Crippen LogP contribution in [0.5, 0.6) is 0 Å². The number of anilines is 1. The van der Waals surface area contributed by atoms with Crippen LogP contribution in [0, 0.1) is 11.3 Å². The lowest BCUT2D eigenvalue weighted by Crippen LogP contribution is -1.96. The third-order valence-corrected chi connectivity index (χ3v) is 2.99. The third kappa shape index (κ3) is 1.07. The van der Waals surface area contributed by atoms with Crippen molar-refractivity contribution >= 4 is 33.4 Å². The van der Waals surface area contributed by atoms with Crippen LogP contribution in [0.25, 0.3) is 10.1 Å². The molecule has 0 unspecified atom stereocenters. The molecule has 0 spiro atoms. The quantitative estimate of drug-likeness (QED) is 0.569. The summed E-state index contributed by atoms with van der Waals surface area (Å²) in [7, 11) is 0. The first kappa shape index (κ1) is 8.73. The molecule has 2 N–H and O–H groups in total. The number of nitriles is 1. The van der Waals surface area contributed by atoms with Crippen LogP contribution in [0.2, 0.25) is 0 Å². The van der Waals surface area contributed by atoms with Crippen molar-refractivity contribution in [3.8, 4) is 6.07 Å². The number of nitrogens with zero attached hydrogens (tertiary/aromatic N) is 1. The van der Waals surface area contributed by atoms with Crippen LogP contribution in [0.4, 0.5) is 5.69 Å². The Morgan fingerprint density at radius 1 is 1.57 bits per heavy atom. The number of carbonyl (C=O) groups excluding carboxylic acids is 1. The van der Waals surface area contributed by atoms with Gasteiger partial charge in [0.1, 0.15) is 6.07 Å². The molecule has 4 heteroatoms. The topological polar surface area (TPSA) is 66.9 Å².